The minimum absolute atomic E-state index is 0.168. The van der Waals surface area contributed by atoms with Crippen molar-refractivity contribution < 1.29 is 0 Å². The second-order valence-electron chi connectivity index (χ2n) is 10.1. The molecule has 2 aromatic carbocycles. The van der Waals surface area contributed by atoms with Gasteiger partial charge in [0, 0.05) is 75.5 Å². The number of hydrogen-bond donors (Lipinski definition) is 0. The van der Waals surface area contributed by atoms with E-state index in [1.807, 2.05) is 30.6 Å². The molecule has 7 heteroatoms. The lowest BCUT2D eigenvalue weighted by atomic mass is 9.97. The Bertz CT molecular complexity index is 1200. The number of rotatable bonds is 6. The van der Waals surface area contributed by atoms with Crippen molar-refractivity contribution >= 4 is 17.3 Å². The first-order valence-electron chi connectivity index (χ1n) is 13.2. The molecule has 0 radical (unpaired) electrons. The minimum atomic E-state index is 0.168. The summed E-state index contributed by atoms with van der Waals surface area (Å²) >= 11 is 6.19. The first-order valence-corrected chi connectivity index (χ1v) is 13.6. The van der Waals surface area contributed by atoms with Gasteiger partial charge < -0.3 is 9.80 Å². The quantitative estimate of drug-likeness (QED) is 0.477. The Balaban J connectivity index is 1.29. The number of hydrogen-bond acceptors (Lipinski definition) is 6. The van der Waals surface area contributed by atoms with Crippen molar-refractivity contribution in [1.29, 1.82) is 5.26 Å². The number of aromatic nitrogens is 1. The van der Waals surface area contributed by atoms with Gasteiger partial charge in [-0.25, -0.2) is 0 Å². The number of piperazine rings is 1. The van der Waals surface area contributed by atoms with Crippen molar-refractivity contribution in [3.63, 3.8) is 0 Å². The van der Waals surface area contributed by atoms with E-state index in [4.69, 9.17) is 11.6 Å². The van der Waals surface area contributed by atoms with E-state index in [0.29, 0.717) is 0 Å². The maximum atomic E-state index is 9.80. The Hall–Kier alpha value is -2.95. The summed E-state index contributed by atoms with van der Waals surface area (Å²) in [6, 6.07) is 21.4. The summed E-state index contributed by atoms with van der Waals surface area (Å²) in [5.74, 6) is 0. The van der Waals surface area contributed by atoms with E-state index in [1.54, 1.807) is 0 Å². The zero-order chi connectivity index (χ0) is 25.6. The van der Waals surface area contributed by atoms with Gasteiger partial charge in [0.2, 0.25) is 0 Å². The van der Waals surface area contributed by atoms with Crippen LogP contribution in [0.1, 0.15) is 34.7 Å². The molecule has 0 amide bonds. The number of benzene rings is 2. The second-order valence-corrected chi connectivity index (χ2v) is 10.6. The van der Waals surface area contributed by atoms with Crippen LogP contribution in [0, 0.1) is 11.3 Å². The topological polar surface area (TPSA) is 49.6 Å². The molecular weight excluding hydrogens is 480 g/mol. The molecule has 37 heavy (non-hydrogen) atoms. The molecule has 0 N–H and O–H groups in total. The summed E-state index contributed by atoms with van der Waals surface area (Å²) in [4.78, 5) is 14.1. The summed E-state index contributed by atoms with van der Waals surface area (Å²) in [5, 5.41) is 10.6. The van der Waals surface area contributed by atoms with E-state index < -0.39 is 0 Å². The van der Waals surface area contributed by atoms with E-state index in [2.05, 4.69) is 74.1 Å². The van der Waals surface area contributed by atoms with E-state index in [9.17, 15) is 5.26 Å². The number of halogens is 1. The third kappa shape index (κ3) is 6.31. The van der Waals surface area contributed by atoms with Crippen LogP contribution < -0.4 is 4.90 Å². The molecule has 2 aliphatic rings. The number of nitrogens with zero attached hydrogens (tertiary/aromatic N) is 6. The first-order chi connectivity index (χ1) is 18.1. The van der Waals surface area contributed by atoms with Crippen LogP contribution >= 0.6 is 11.6 Å². The van der Waals surface area contributed by atoms with Crippen LogP contribution in [0.4, 0.5) is 5.69 Å². The Labute approximate surface area is 225 Å². The Morgan fingerprint density at radius 1 is 0.865 bits per heavy atom. The van der Waals surface area contributed by atoms with Gasteiger partial charge in [-0.05, 0) is 79.2 Å². The van der Waals surface area contributed by atoms with Gasteiger partial charge in [-0.1, -0.05) is 23.7 Å². The van der Waals surface area contributed by atoms with Crippen LogP contribution in [-0.2, 0) is 6.54 Å². The van der Waals surface area contributed by atoms with Crippen molar-refractivity contribution in [2.75, 3.05) is 64.3 Å². The minimum Gasteiger partial charge on any atom is -0.370 e. The standard InChI is InChI=1S/C30H35ClN6/c1-34-13-2-14-36(18-15-34)29-8-5-26(22-32)27(21-29)23-35-16-19-37(20-17-35)30(25-9-11-33-12-10-25)24-3-6-28(31)7-4-24/h3-12,21,30H,2,13-20,23H2,1H3. The molecule has 1 aromatic heterocycles. The molecule has 2 aliphatic heterocycles. The highest BCUT2D eigenvalue weighted by molar-refractivity contribution is 6.30. The molecular formula is C30H35ClN6. The molecule has 0 bridgehead atoms. The number of likely N-dealkylation sites (N-methyl/N-ethyl adjacent to an activating group) is 1. The SMILES string of the molecule is CN1CCCN(c2ccc(C#N)c(CN3CCN(C(c4ccncc4)c4ccc(Cl)cc4)CC3)c2)CC1. The lowest BCUT2D eigenvalue weighted by Gasteiger charge is -2.40. The van der Waals surface area contributed by atoms with Crippen molar-refractivity contribution in [3.8, 4) is 6.07 Å². The van der Waals surface area contributed by atoms with Crippen LogP contribution in [0.5, 0.6) is 0 Å². The van der Waals surface area contributed by atoms with Crippen LogP contribution in [0.3, 0.4) is 0 Å². The largest absolute Gasteiger partial charge is 0.370 e. The molecule has 6 nitrogen and oxygen atoms in total. The van der Waals surface area contributed by atoms with Gasteiger partial charge in [0.05, 0.1) is 17.7 Å². The normalized spacial score (nSPS) is 18.8. The highest BCUT2D eigenvalue weighted by atomic mass is 35.5. The molecule has 1 atom stereocenters. The van der Waals surface area contributed by atoms with Crippen molar-refractivity contribution in [1.82, 2.24) is 19.7 Å². The van der Waals surface area contributed by atoms with E-state index in [1.165, 1.54) is 23.2 Å². The van der Waals surface area contributed by atoms with Gasteiger partial charge in [0.1, 0.15) is 0 Å². The number of pyridine rings is 1. The van der Waals surface area contributed by atoms with Crippen LogP contribution in [0.15, 0.2) is 67.0 Å². The van der Waals surface area contributed by atoms with E-state index in [-0.39, 0.29) is 6.04 Å². The summed E-state index contributed by atoms with van der Waals surface area (Å²) in [7, 11) is 2.19. The van der Waals surface area contributed by atoms with Gasteiger partial charge in [-0.2, -0.15) is 5.26 Å². The molecule has 2 saturated heterocycles. The van der Waals surface area contributed by atoms with Crippen molar-refractivity contribution in [2.45, 2.75) is 19.0 Å². The maximum Gasteiger partial charge on any atom is 0.0995 e. The average Bonchev–Trinajstić information content (AvgIpc) is 3.16. The van der Waals surface area contributed by atoms with Crippen LogP contribution in [-0.4, -0.2) is 79.1 Å². The first kappa shape index (κ1) is 25.7. The van der Waals surface area contributed by atoms with Crippen LogP contribution in [0.25, 0.3) is 0 Å². The monoisotopic (exact) mass is 514 g/mol. The molecule has 0 spiro atoms. The second kappa shape index (κ2) is 12.1. The fourth-order valence-corrected chi connectivity index (χ4v) is 5.67. The predicted molar refractivity (Wildman–Crippen MR) is 150 cm³/mol. The summed E-state index contributed by atoms with van der Waals surface area (Å²) in [5.41, 5.74) is 5.65. The van der Waals surface area contributed by atoms with Gasteiger partial charge in [-0.15, -0.1) is 0 Å². The predicted octanol–water partition coefficient (Wildman–Crippen LogP) is 4.66. The highest BCUT2D eigenvalue weighted by Gasteiger charge is 2.27. The maximum absolute atomic E-state index is 9.80. The zero-order valence-corrected chi connectivity index (χ0v) is 22.3. The van der Waals surface area contributed by atoms with Crippen molar-refractivity contribution in [3.05, 3.63) is 94.3 Å². The Morgan fingerprint density at radius 3 is 2.32 bits per heavy atom. The zero-order valence-electron chi connectivity index (χ0n) is 21.6. The van der Waals surface area contributed by atoms with Gasteiger partial charge >= 0.3 is 0 Å². The molecule has 2 fully saturated rings. The molecule has 192 valence electrons. The van der Waals surface area contributed by atoms with E-state index >= 15 is 0 Å². The Morgan fingerprint density at radius 2 is 1.59 bits per heavy atom. The van der Waals surface area contributed by atoms with Crippen LogP contribution in [0.2, 0.25) is 5.02 Å². The van der Waals surface area contributed by atoms with Crippen molar-refractivity contribution in [2.24, 2.45) is 0 Å². The highest BCUT2D eigenvalue weighted by Crippen LogP contribution is 2.31. The van der Waals surface area contributed by atoms with E-state index in [0.717, 1.165) is 75.1 Å². The van der Waals surface area contributed by atoms with Gasteiger partial charge in [0.25, 0.3) is 0 Å². The fourth-order valence-electron chi connectivity index (χ4n) is 5.55. The lowest BCUT2D eigenvalue weighted by Crippen LogP contribution is -2.47. The van der Waals surface area contributed by atoms with Gasteiger partial charge in [0.15, 0.2) is 0 Å². The average molecular weight is 515 g/mol. The third-order valence-electron chi connectivity index (χ3n) is 7.67. The molecule has 3 aromatic rings. The summed E-state index contributed by atoms with van der Waals surface area (Å²) in [6.45, 7) is 8.93. The van der Waals surface area contributed by atoms with Gasteiger partial charge in [-0.3, -0.25) is 14.8 Å². The molecule has 0 saturated carbocycles. The Kier molecular flexibility index (Phi) is 8.38. The molecule has 3 heterocycles. The molecule has 1 unspecified atom stereocenters. The fraction of sp³-hybridized carbons (Fsp3) is 0.400. The third-order valence-corrected chi connectivity index (χ3v) is 7.92. The summed E-state index contributed by atoms with van der Waals surface area (Å²) in [6.07, 6.45) is 4.90. The smallest absolute Gasteiger partial charge is 0.0995 e. The number of nitriles is 1. The molecule has 5 rings (SSSR count). The molecule has 0 aliphatic carbocycles. The number of anilines is 1. The summed E-state index contributed by atoms with van der Waals surface area (Å²) < 4.78 is 0. The lowest BCUT2D eigenvalue weighted by molar-refractivity contribution is 0.105.